The van der Waals surface area contributed by atoms with Crippen LogP contribution in [0, 0.1) is 17.2 Å². The number of carbonyl (C=O) groups excluding carboxylic acids is 2. The predicted molar refractivity (Wildman–Crippen MR) is 69.9 cm³/mol. The van der Waals surface area contributed by atoms with Crippen molar-refractivity contribution in [2.45, 2.75) is 25.8 Å². The molecule has 2 amide bonds. The summed E-state index contributed by atoms with van der Waals surface area (Å²) in [6.45, 7) is 0.456. The maximum Gasteiger partial charge on any atom is 0.238 e. The van der Waals surface area contributed by atoms with Crippen molar-refractivity contribution in [2.24, 2.45) is 5.92 Å². The fourth-order valence-corrected chi connectivity index (χ4v) is 1.72. The number of nitrogens with zero attached hydrogens (tertiary/aromatic N) is 1. The molecule has 1 fully saturated rings. The summed E-state index contributed by atoms with van der Waals surface area (Å²) in [7, 11) is 0. The molecule has 19 heavy (non-hydrogen) atoms. The third kappa shape index (κ3) is 4.11. The molecule has 1 aliphatic carbocycles. The number of benzene rings is 1. The summed E-state index contributed by atoms with van der Waals surface area (Å²) < 4.78 is 0. The molecule has 2 rings (SSSR count). The van der Waals surface area contributed by atoms with Crippen molar-refractivity contribution in [1.82, 2.24) is 5.32 Å². The van der Waals surface area contributed by atoms with Crippen molar-refractivity contribution in [3.8, 4) is 6.07 Å². The van der Waals surface area contributed by atoms with Crippen LogP contribution in [0.25, 0.3) is 0 Å². The average molecular weight is 257 g/mol. The van der Waals surface area contributed by atoms with E-state index in [-0.39, 0.29) is 24.2 Å². The monoisotopic (exact) mass is 257 g/mol. The minimum atomic E-state index is -0.332. The number of hydrogen-bond acceptors (Lipinski definition) is 3. The molecule has 98 valence electrons. The highest BCUT2D eigenvalue weighted by Crippen LogP contribution is 2.28. The van der Waals surface area contributed by atoms with Crippen LogP contribution in [-0.2, 0) is 16.1 Å². The van der Waals surface area contributed by atoms with Gasteiger partial charge in [-0.2, -0.15) is 5.26 Å². The van der Waals surface area contributed by atoms with Crippen LogP contribution < -0.4 is 10.6 Å². The Morgan fingerprint density at radius 1 is 1.37 bits per heavy atom. The van der Waals surface area contributed by atoms with Crippen LogP contribution >= 0.6 is 0 Å². The number of amides is 2. The number of carbonyl (C=O) groups is 2. The van der Waals surface area contributed by atoms with E-state index in [1.807, 2.05) is 6.07 Å². The molecule has 5 nitrogen and oxygen atoms in total. The highest BCUT2D eigenvalue weighted by atomic mass is 16.2. The molecule has 2 N–H and O–H groups in total. The van der Waals surface area contributed by atoms with E-state index in [0.29, 0.717) is 12.2 Å². The first-order valence-corrected chi connectivity index (χ1v) is 6.22. The molecule has 0 aliphatic heterocycles. The number of rotatable bonds is 5. The Kier molecular flexibility index (Phi) is 4.14. The van der Waals surface area contributed by atoms with E-state index in [2.05, 4.69) is 10.6 Å². The smallest absolute Gasteiger partial charge is 0.238 e. The predicted octanol–water partition coefficient (Wildman–Crippen LogP) is 1.56. The van der Waals surface area contributed by atoms with Gasteiger partial charge in [-0.05, 0) is 30.5 Å². The van der Waals surface area contributed by atoms with E-state index in [0.717, 1.165) is 18.4 Å². The van der Waals surface area contributed by atoms with Gasteiger partial charge in [0.1, 0.15) is 6.42 Å². The summed E-state index contributed by atoms with van der Waals surface area (Å²) in [6, 6.07) is 9.03. The molecule has 0 unspecified atom stereocenters. The molecule has 5 heteroatoms. The van der Waals surface area contributed by atoms with Gasteiger partial charge in [0.2, 0.25) is 11.8 Å². The van der Waals surface area contributed by atoms with Crippen LogP contribution in [0.15, 0.2) is 24.3 Å². The van der Waals surface area contributed by atoms with Crippen LogP contribution in [0.1, 0.15) is 24.8 Å². The first-order valence-electron chi connectivity index (χ1n) is 6.22. The topological polar surface area (TPSA) is 82.0 Å². The van der Waals surface area contributed by atoms with E-state index in [9.17, 15) is 9.59 Å². The minimum Gasteiger partial charge on any atom is -0.352 e. The Morgan fingerprint density at radius 3 is 2.84 bits per heavy atom. The zero-order chi connectivity index (χ0) is 13.7. The molecular formula is C14H15N3O2. The number of nitriles is 1. The van der Waals surface area contributed by atoms with Crippen molar-refractivity contribution in [3.05, 3.63) is 29.8 Å². The Morgan fingerprint density at radius 2 is 2.16 bits per heavy atom. The van der Waals surface area contributed by atoms with Gasteiger partial charge in [-0.3, -0.25) is 9.59 Å². The maximum absolute atomic E-state index is 11.5. The van der Waals surface area contributed by atoms with Gasteiger partial charge in [-0.15, -0.1) is 0 Å². The van der Waals surface area contributed by atoms with Crippen molar-refractivity contribution in [3.63, 3.8) is 0 Å². The van der Waals surface area contributed by atoms with Gasteiger partial charge >= 0.3 is 0 Å². The molecule has 0 saturated heterocycles. The van der Waals surface area contributed by atoms with E-state index in [1.54, 1.807) is 24.3 Å². The summed E-state index contributed by atoms with van der Waals surface area (Å²) in [6.07, 6.45) is 1.80. The van der Waals surface area contributed by atoms with Gasteiger partial charge in [-0.25, -0.2) is 0 Å². The second kappa shape index (κ2) is 6.01. The maximum atomic E-state index is 11.5. The zero-order valence-electron chi connectivity index (χ0n) is 10.5. The quantitative estimate of drug-likeness (QED) is 0.839. The standard InChI is InChI=1S/C14H15N3O2/c15-7-6-13(18)17-12-3-1-2-10(8-12)9-16-14(19)11-4-5-11/h1-3,8,11H,4-6,9H2,(H,16,19)(H,17,18). The molecule has 1 aromatic rings. The molecule has 0 heterocycles. The SMILES string of the molecule is N#CCC(=O)Nc1cccc(CNC(=O)C2CC2)c1. The normalized spacial score (nSPS) is 13.4. The van der Waals surface area contributed by atoms with E-state index >= 15 is 0 Å². The van der Waals surface area contributed by atoms with Crippen LogP contribution in [0.5, 0.6) is 0 Å². The first kappa shape index (κ1) is 13.1. The molecule has 0 bridgehead atoms. The molecule has 1 aliphatic rings. The Hall–Kier alpha value is -2.35. The summed E-state index contributed by atoms with van der Waals surface area (Å²) in [5.74, 6) is -0.0425. The summed E-state index contributed by atoms with van der Waals surface area (Å²) in [5, 5.41) is 13.9. The minimum absolute atomic E-state index is 0.0962. The number of anilines is 1. The lowest BCUT2D eigenvalue weighted by Gasteiger charge is -2.07. The van der Waals surface area contributed by atoms with Crippen molar-refractivity contribution in [1.29, 1.82) is 5.26 Å². The van der Waals surface area contributed by atoms with Gasteiger partial charge in [0.15, 0.2) is 0 Å². The average Bonchev–Trinajstić information content (AvgIpc) is 3.21. The molecule has 0 radical (unpaired) electrons. The van der Waals surface area contributed by atoms with Crippen molar-refractivity contribution >= 4 is 17.5 Å². The first-order chi connectivity index (χ1) is 9.19. The zero-order valence-corrected chi connectivity index (χ0v) is 10.5. The number of nitrogens with one attached hydrogen (secondary N) is 2. The lowest BCUT2D eigenvalue weighted by atomic mass is 10.2. The van der Waals surface area contributed by atoms with E-state index < -0.39 is 0 Å². The molecule has 1 aromatic carbocycles. The molecule has 0 spiro atoms. The highest BCUT2D eigenvalue weighted by molar-refractivity contribution is 5.92. The van der Waals surface area contributed by atoms with Gasteiger partial charge in [0, 0.05) is 18.2 Å². The van der Waals surface area contributed by atoms with Gasteiger partial charge in [0.05, 0.1) is 6.07 Å². The molecule has 0 atom stereocenters. The Labute approximate surface area is 111 Å². The summed E-state index contributed by atoms with van der Waals surface area (Å²) in [4.78, 5) is 22.8. The van der Waals surface area contributed by atoms with Crippen LogP contribution in [-0.4, -0.2) is 11.8 Å². The van der Waals surface area contributed by atoms with Crippen LogP contribution in [0.2, 0.25) is 0 Å². The van der Waals surface area contributed by atoms with E-state index in [1.165, 1.54) is 0 Å². The largest absolute Gasteiger partial charge is 0.352 e. The highest BCUT2D eigenvalue weighted by Gasteiger charge is 2.29. The third-order valence-corrected chi connectivity index (χ3v) is 2.87. The van der Waals surface area contributed by atoms with E-state index in [4.69, 9.17) is 5.26 Å². The lowest BCUT2D eigenvalue weighted by Crippen LogP contribution is -2.24. The summed E-state index contributed by atoms with van der Waals surface area (Å²) >= 11 is 0. The Balaban J connectivity index is 1.89. The molecular weight excluding hydrogens is 242 g/mol. The second-order valence-corrected chi connectivity index (χ2v) is 4.58. The van der Waals surface area contributed by atoms with Gasteiger partial charge < -0.3 is 10.6 Å². The molecule has 1 saturated carbocycles. The summed E-state index contributed by atoms with van der Waals surface area (Å²) in [5.41, 5.74) is 1.56. The van der Waals surface area contributed by atoms with Crippen LogP contribution in [0.4, 0.5) is 5.69 Å². The third-order valence-electron chi connectivity index (χ3n) is 2.87. The fraction of sp³-hybridized carbons (Fsp3) is 0.357. The van der Waals surface area contributed by atoms with Crippen molar-refractivity contribution in [2.75, 3.05) is 5.32 Å². The second-order valence-electron chi connectivity index (χ2n) is 4.58. The van der Waals surface area contributed by atoms with Crippen molar-refractivity contribution < 1.29 is 9.59 Å². The van der Waals surface area contributed by atoms with Gasteiger partial charge in [0.25, 0.3) is 0 Å². The Bertz CT molecular complexity index is 530. The number of hydrogen-bond donors (Lipinski definition) is 2. The molecule has 0 aromatic heterocycles. The lowest BCUT2D eigenvalue weighted by molar-refractivity contribution is -0.122. The van der Waals surface area contributed by atoms with Gasteiger partial charge in [-0.1, -0.05) is 12.1 Å². The van der Waals surface area contributed by atoms with Crippen LogP contribution in [0.3, 0.4) is 0 Å². The fourth-order valence-electron chi connectivity index (χ4n) is 1.72.